The molecular formula is C19H20N4O2. The van der Waals surface area contributed by atoms with Gasteiger partial charge in [-0.15, -0.1) is 0 Å². The number of nitrogens with zero attached hydrogens (tertiary/aromatic N) is 3. The van der Waals surface area contributed by atoms with Crippen molar-refractivity contribution in [3.05, 3.63) is 66.0 Å². The second-order valence-electron chi connectivity index (χ2n) is 5.50. The van der Waals surface area contributed by atoms with Crippen molar-refractivity contribution in [3.8, 4) is 17.1 Å². The van der Waals surface area contributed by atoms with Gasteiger partial charge in [0.25, 0.3) is 5.91 Å². The molecule has 3 aromatic rings. The molecule has 3 rings (SSSR count). The van der Waals surface area contributed by atoms with E-state index in [0.717, 1.165) is 22.8 Å². The van der Waals surface area contributed by atoms with Gasteiger partial charge in [0.2, 0.25) is 0 Å². The van der Waals surface area contributed by atoms with Crippen molar-refractivity contribution in [3.63, 3.8) is 0 Å². The van der Waals surface area contributed by atoms with Crippen LogP contribution in [0.4, 0.5) is 0 Å². The maximum absolute atomic E-state index is 12.3. The second-order valence-corrected chi connectivity index (χ2v) is 5.50. The first kappa shape index (κ1) is 16.7. The summed E-state index contributed by atoms with van der Waals surface area (Å²) in [5, 5.41) is 7.32. The number of carbonyl (C=O) groups excluding carboxylic acids is 1. The molecule has 0 bridgehead atoms. The van der Waals surface area contributed by atoms with E-state index >= 15 is 0 Å². The van der Waals surface area contributed by atoms with Gasteiger partial charge in [0.15, 0.2) is 0 Å². The number of aryl methyl sites for hydroxylation is 1. The van der Waals surface area contributed by atoms with E-state index in [1.807, 2.05) is 38.2 Å². The monoisotopic (exact) mass is 336 g/mol. The third-order valence-electron chi connectivity index (χ3n) is 3.72. The third-order valence-corrected chi connectivity index (χ3v) is 3.72. The van der Waals surface area contributed by atoms with Crippen molar-refractivity contribution < 1.29 is 9.53 Å². The lowest BCUT2D eigenvalue weighted by molar-refractivity contribution is 0.0950. The lowest BCUT2D eigenvalue weighted by Crippen LogP contribution is -2.23. The minimum Gasteiger partial charge on any atom is -0.494 e. The fourth-order valence-electron chi connectivity index (χ4n) is 2.51. The van der Waals surface area contributed by atoms with Crippen LogP contribution in [0.1, 0.15) is 23.0 Å². The molecular weight excluding hydrogens is 316 g/mol. The Morgan fingerprint density at radius 3 is 2.68 bits per heavy atom. The van der Waals surface area contributed by atoms with Gasteiger partial charge in [0, 0.05) is 18.8 Å². The quantitative estimate of drug-likeness (QED) is 0.751. The zero-order chi connectivity index (χ0) is 17.6. The zero-order valence-electron chi connectivity index (χ0n) is 14.3. The van der Waals surface area contributed by atoms with E-state index in [1.54, 1.807) is 35.1 Å². The Bertz CT molecular complexity index is 842. The molecule has 6 heteroatoms. The maximum Gasteiger partial charge on any atom is 0.251 e. The number of ether oxygens (including phenoxy) is 1. The number of rotatable bonds is 6. The standard InChI is InChI=1S/C19H20N4O2/c1-3-25-16-9-7-14(8-10-16)19(24)21-13-15-12-18(23(2)22-15)17-6-4-5-11-20-17/h4-12H,3,13H2,1-2H3,(H,21,24). The Morgan fingerprint density at radius 1 is 1.20 bits per heavy atom. The average Bonchev–Trinajstić information content (AvgIpc) is 3.02. The number of nitrogens with one attached hydrogen (secondary N) is 1. The highest BCUT2D eigenvalue weighted by Crippen LogP contribution is 2.17. The molecule has 2 aromatic heterocycles. The minimum absolute atomic E-state index is 0.145. The van der Waals surface area contributed by atoms with E-state index in [1.165, 1.54) is 0 Å². The first-order valence-corrected chi connectivity index (χ1v) is 8.12. The van der Waals surface area contributed by atoms with Gasteiger partial charge in [0.1, 0.15) is 5.75 Å². The van der Waals surface area contributed by atoms with E-state index < -0.39 is 0 Å². The summed E-state index contributed by atoms with van der Waals surface area (Å²) in [6.45, 7) is 2.88. The minimum atomic E-state index is -0.145. The summed E-state index contributed by atoms with van der Waals surface area (Å²) in [7, 11) is 1.86. The number of hydrogen-bond acceptors (Lipinski definition) is 4. The molecule has 0 saturated carbocycles. The molecule has 0 radical (unpaired) electrons. The fourth-order valence-corrected chi connectivity index (χ4v) is 2.51. The van der Waals surface area contributed by atoms with Gasteiger partial charge in [-0.05, 0) is 49.4 Å². The van der Waals surface area contributed by atoms with Gasteiger partial charge in [-0.2, -0.15) is 5.10 Å². The number of carbonyl (C=O) groups is 1. The van der Waals surface area contributed by atoms with Crippen molar-refractivity contribution in [2.45, 2.75) is 13.5 Å². The average molecular weight is 336 g/mol. The van der Waals surface area contributed by atoms with Crippen LogP contribution < -0.4 is 10.1 Å². The molecule has 0 unspecified atom stereocenters. The molecule has 0 saturated heterocycles. The number of amides is 1. The molecule has 0 atom stereocenters. The molecule has 0 fully saturated rings. The largest absolute Gasteiger partial charge is 0.494 e. The van der Waals surface area contributed by atoms with Crippen LogP contribution >= 0.6 is 0 Å². The van der Waals surface area contributed by atoms with Gasteiger partial charge < -0.3 is 10.1 Å². The first-order chi connectivity index (χ1) is 12.2. The highest BCUT2D eigenvalue weighted by Gasteiger charge is 2.10. The van der Waals surface area contributed by atoms with E-state index in [2.05, 4.69) is 15.4 Å². The summed E-state index contributed by atoms with van der Waals surface area (Å²) in [6.07, 6.45) is 1.75. The van der Waals surface area contributed by atoms with Crippen LogP contribution in [0.5, 0.6) is 5.75 Å². The number of hydrogen-bond donors (Lipinski definition) is 1. The summed E-state index contributed by atoms with van der Waals surface area (Å²) < 4.78 is 7.14. The van der Waals surface area contributed by atoms with Crippen molar-refractivity contribution in [1.29, 1.82) is 0 Å². The van der Waals surface area contributed by atoms with Crippen LogP contribution in [-0.2, 0) is 13.6 Å². The summed E-state index contributed by atoms with van der Waals surface area (Å²) in [5.74, 6) is 0.608. The molecule has 0 aliphatic heterocycles. The van der Waals surface area contributed by atoms with E-state index in [0.29, 0.717) is 18.7 Å². The Morgan fingerprint density at radius 2 is 2.00 bits per heavy atom. The molecule has 0 spiro atoms. The molecule has 1 aromatic carbocycles. The van der Waals surface area contributed by atoms with E-state index in [4.69, 9.17) is 4.74 Å². The summed E-state index contributed by atoms with van der Waals surface area (Å²) in [6, 6.07) is 14.7. The number of benzene rings is 1. The molecule has 128 valence electrons. The highest BCUT2D eigenvalue weighted by molar-refractivity contribution is 5.94. The molecule has 6 nitrogen and oxygen atoms in total. The molecule has 25 heavy (non-hydrogen) atoms. The second kappa shape index (κ2) is 7.61. The predicted octanol–water partition coefficient (Wildman–Crippen LogP) is 2.81. The van der Waals surface area contributed by atoms with Crippen molar-refractivity contribution in [2.24, 2.45) is 7.05 Å². The SMILES string of the molecule is CCOc1ccc(C(=O)NCc2cc(-c3ccccn3)n(C)n2)cc1. The third kappa shape index (κ3) is 4.03. The molecule has 2 heterocycles. The van der Waals surface area contributed by atoms with Crippen LogP contribution in [0.25, 0.3) is 11.4 Å². The topological polar surface area (TPSA) is 69.0 Å². The summed E-state index contributed by atoms with van der Waals surface area (Å²) in [4.78, 5) is 16.6. The van der Waals surface area contributed by atoms with Crippen LogP contribution in [0.15, 0.2) is 54.7 Å². The maximum atomic E-state index is 12.3. The Hall–Kier alpha value is -3.15. The lowest BCUT2D eigenvalue weighted by Gasteiger charge is -2.05. The van der Waals surface area contributed by atoms with Gasteiger partial charge >= 0.3 is 0 Å². The first-order valence-electron chi connectivity index (χ1n) is 8.12. The van der Waals surface area contributed by atoms with Crippen LogP contribution in [-0.4, -0.2) is 27.3 Å². The number of pyridine rings is 1. The van der Waals surface area contributed by atoms with Crippen LogP contribution in [0, 0.1) is 0 Å². The summed E-state index contributed by atoms with van der Waals surface area (Å²) >= 11 is 0. The smallest absolute Gasteiger partial charge is 0.251 e. The highest BCUT2D eigenvalue weighted by atomic mass is 16.5. The zero-order valence-corrected chi connectivity index (χ0v) is 14.3. The molecule has 0 aliphatic carbocycles. The molecule has 0 aliphatic rings. The van der Waals surface area contributed by atoms with E-state index in [9.17, 15) is 4.79 Å². The fraction of sp³-hybridized carbons (Fsp3) is 0.211. The normalized spacial score (nSPS) is 10.5. The van der Waals surface area contributed by atoms with Gasteiger partial charge in [0.05, 0.1) is 30.2 Å². The molecule has 1 amide bonds. The van der Waals surface area contributed by atoms with Crippen LogP contribution in [0.3, 0.4) is 0 Å². The van der Waals surface area contributed by atoms with Crippen LogP contribution in [0.2, 0.25) is 0 Å². The van der Waals surface area contributed by atoms with Gasteiger partial charge in [-0.1, -0.05) is 6.07 Å². The van der Waals surface area contributed by atoms with Crippen molar-refractivity contribution in [1.82, 2.24) is 20.1 Å². The Labute approximate surface area is 146 Å². The van der Waals surface area contributed by atoms with Gasteiger partial charge in [-0.3, -0.25) is 14.5 Å². The lowest BCUT2D eigenvalue weighted by atomic mass is 10.2. The number of aromatic nitrogens is 3. The Kier molecular flexibility index (Phi) is 5.09. The van der Waals surface area contributed by atoms with Crippen molar-refractivity contribution in [2.75, 3.05) is 6.61 Å². The predicted molar refractivity (Wildman–Crippen MR) is 95.2 cm³/mol. The van der Waals surface area contributed by atoms with Crippen molar-refractivity contribution >= 4 is 5.91 Å². The summed E-state index contributed by atoms with van der Waals surface area (Å²) in [5.41, 5.74) is 3.12. The van der Waals surface area contributed by atoms with E-state index in [-0.39, 0.29) is 5.91 Å². The van der Waals surface area contributed by atoms with Gasteiger partial charge in [-0.25, -0.2) is 0 Å². The Balaban J connectivity index is 1.64. The molecule has 1 N–H and O–H groups in total.